The quantitative estimate of drug-likeness (QED) is 0.727. The fourth-order valence-electron chi connectivity index (χ4n) is 2.08. The minimum atomic E-state index is -0.445. The molecule has 0 saturated carbocycles. The summed E-state index contributed by atoms with van der Waals surface area (Å²) < 4.78 is 0. The number of nitrogen functional groups attached to an aromatic ring is 1. The van der Waals surface area contributed by atoms with Gasteiger partial charge in [-0.05, 0) is 37.5 Å². The number of anilines is 2. The Kier molecular flexibility index (Phi) is 2.82. The monoisotopic (exact) mass is 206 g/mol. The van der Waals surface area contributed by atoms with E-state index in [0.29, 0.717) is 0 Å². The summed E-state index contributed by atoms with van der Waals surface area (Å²) in [4.78, 5) is 2.31. The lowest BCUT2D eigenvalue weighted by molar-refractivity contribution is 0.199. The molecule has 1 aromatic carbocycles. The number of nitrogens with two attached hydrogens (primary N) is 1. The Bertz CT molecular complexity index is 343. The second kappa shape index (κ2) is 4.11. The van der Waals surface area contributed by atoms with Gasteiger partial charge in [0.25, 0.3) is 0 Å². The molecule has 3 N–H and O–H groups in total. The van der Waals surface area contributed by atoms with Gasteiger partial charge in [0, 0.05) is 13.1 Å². The number of aliphatic hydroxyl groups is 1. The molecule has 0 aliphatic carbocycles. The van der Waals surface area contributed by atoms with E-state index in [2.05, 4.69) is 4.90 Å². The number of hydrogen-bond donors (Lipinski definition) is 2. The molecule has 3 nitrogen and oxygen atoms in total. The molecule has 1 saturated heterocycles. The normalized spacial score (nSPS) is 18.1. The first-order valence-corrected chi connectivity index (χ1v) is 5.51. The Morgan fingerprint density at radius 2 is 2.00 bits per heavy atom. The van der Waals surface area contributed by atoms with Crippen molar-refractivity contribution in [2.24, 2.45) is 0 Å². The third-order valence-electron chi connectivity index (χ3n) is 2.98. The van der Waals surface area contributed by atoms with E-state index in [1.807, 2.05) is 18.2 Å². The van der Waals surface area contributed by atoms with Crippen molar-refractivity contribution in [2.75, 3.05) is 23.7 Å². The van der Waals surface area contributed by atoms with Gasteiger partial charge >= 0.3 is 0 Å². The lowest BCUT2D eigenvalue weighted by Crippen LogP contribution is -2.19. The first kappa shape index (κ1) is 10.3. The molecule has 15 heavy (non-hydrogen) atoms. The van der Waals surface area contributed by atoms with Crippen molar-refractivity contribution in [3.05, 3.63) is 23.8 Å². The fourth-order valence-corrected chi connectivity index (χ4v) is 2.08. The van der Waals surface area contributed by atoms with E-state index < -0.39 is 6.10 Å². The molecular weight excluding hydrogens is 188 g/mol. The lowest BCUT2D eigenvalue weighted by Gasteiger charge is -2.20. The van der Waals surface area contributed by atoms with E-state index in [-0.39, 0.29) is 0 Å². The number of rotatable bonds is 2. The molecule has 3 heteroatoms. The third-order valence-corrected chi connectivity index (χ3v) is 2.98. The van der Waals surface area contributed by atoms with E-state index in [4.69, 9.17) is 5.73 Å². The van der Waals surface area contributed by atoms with Gasteiger partial charge in [0.1, 0.15) is 0 Å². The zero-order valence-electron chi connectivity index (χ0n) is 9.11. The van der Waals surface area contributed by atoms with Gasteiger partial charge in [0.2, 0.25) is 0 Å². The van der Waals surface area contributed by atoms with Gasteiger partial charge in [-0.3, -0.25) is 0 Å². The molecule has 1 atom stereocenters. The van der Waals surface area contributed by atoms with Crippen LogP contribution in [0, 0.1) is 0 Å². The average Bonchev–Trinajstić information content (AvgIpc) is 2.70. The second-order valence-corrected chi connectivity index (χ2v) is 4.19. The van der Waals surface area contributed by atoms with Crippen LogP contribution in [0.1, 0.15) is 31.4 Å². The molecule has 0 unspecified atom stereocenters. The van der Waals surface area contributed by atoms with Crippen molar-refractivity contribution in [3.8, 4) is 0 Å². The van der Waals surface area contributed by atoms with Crippen LogP contribution in [0.4, 0.5) is 11.4 Å². The van der Waals surface area contributed by atoms with Crippen LogP contribution in [0.2, 0.25) is 0 Å². The Labute approximate surface area is 90.5 Å². The summed E-state index contributed by atoms with van der Waals surface area (Å²) in [6, 6.07) is 5.84. The average molecular weight is 206 g/mol. The number of hydrogen-bond acceptors (Lipinski definition) is 3. The summed E-state index contributed by atoms with van der Waals surface area (Å²) in [6.45, 7) is 3.95. The van der Waals surface area contributed by atoms with Crippen molar-refractivity contribution in [1.29, 1.82) is 0 Å². The molecule has 1 aliphatic heterocycles. The molecule has 1 fully saturated rings. The van der Waals surface area contributed by atoms with Crippen LogP contribution in [0.15, 0.2) is 18.2 Å². The maximum atomic E-state index is 9.44. The summed E-state index contributed by atoms with van der Waals surface area (Å²) in [5, 5.41) is 9.44. The van der Waals surface area contributed by atoms with Gasteiger partial charge in [0.05, 0.1) is 17.5 Å². The molecular formula is C12H18N2O. The van der Waals surface area contributed by atoms with Crippen molar-refractivity contribution >= 4 is 11.4 Å². The number of nitrogens with zero attached hydrogens (tertiary/aromatic N) is 1. The minimum absolute atomic E-state index is 0.445. The predicted octanol–water partition coefficient (Wildman–Crippen LogP) is 1.92. The highest BCUT2D eigenvalue weighted by molar-refractivity contribution is 5.68. The standard InChI is InChI=1S/C12H18N2O/c1-9(15)10-4-5-12(11(13)8-10)14-6-2-3-7-14/h4-5,8-9,15H,2-3,6-7,13H2,1H3/t9-/m1/s1. The summed E-state index contributed by atoms with van der Waals surface area (Å²) in [5.74, 6) is 0. The van der Waals surface area contributed by atoms with Gasteiger partial charge in [-0.25, -0.2) is 0 Å². The first-order chi connectivity index (χ1) is 7.18. The number of aliphatic hydroxyl groups excluding tert-OH is 1. The zero-order chi connectivity index (χ0) is 10.8. The van der Waals surface area contributed by atoms with E-state index in [1.54, 1.807) is 6.92 Å². The number of benzene rings is 1. The lowest BCUT2D eigenvalue weighted by atomic mass is 10.1. The molecule has 0 radical (unpaired) electrons. The molecule has 82 valence electrons. The largest absolute Gasteiger partial charge is 0.397 e. The molecule has 0 aromatic heterocycles. The van der Waals surface area contributed by atoms with Crippen molar-refractivity contribution in [2.45, 2.75) is 25.9 Å². The summed E-state index contributed by atoms with van der Waals surface area (Å²) in [5.41, 5.74) is 8.75. The van der Waals surface area contributed by atoms with Gasteiger partial charge in [-0.2, -0.15) is 0 Å². The van der Waals surface area contributed by atoms with Gasteiger partial charge in [-0.1, -0.05) is 6.07 Å². The molecule has 0 spiro atoms. The Hall–Kier alpha value is -1.22. The zero-order valence-corrected chi connectivity index (χ0v) is 9.11. The Morgan fingerprint density at radius 3 is 2.53 bits per heavy atom. The Balaban J connectivity index is 2.25. The van der Waals surface area contributed by atoms with E-state index in [1.165, 1.54) is 12.8 Å². The van der Waals surface area contributed by atoms with E-state index >= 15 is 0 Å². The summed E-state index contributed by atoms with van der Waals surface area (Å²) in [7, 11) is 0. The topological polar surface area (TPSA) is 49.5 Å². The van der Waals surface area contributed by atoms with Gasteiger partial charge in [-0.15, -0.1) is 0 Å². The van der Waals surface area contributed by atoms with Crippen LogP contribution in [-0.2, 0) is 0 Å². The van der Waals surface area contributed by atoms with Crippen LogP contribution in [-0.4, -0.2) is 18.2 Å². The fraction of sp³-hybridized carbons (Fsp3) is 0.500. The Morgan fingerprint density at radius 1 is 1.33 bits per heavy atom. The van der Waals surface area contributed by atoms with Gasteiger partial charge < -0.3 is 15.7 Å². The van der Waals surface area contributed by atoms with Crippen LogP contribution < -0.4 is 10.6 Å². The van der Waals surface area contributed by atoms with E-state index in [0.717, 1.165) is 30.0 Å². The van der Waals surface area contributed by atoms with Crippen LogP contribution in [0.25, 0.3) is 0 Å². The van der Waals surface area contributed by atoms with Crippen molar-refractivity contribution < 1.29 is 5.11 Å². The van der Waals surface area contributed by atoms with Crippen LogP contribution in [0.3, 0.4) is 0 Å². The summed E-state index contributed by atoms with van der Waals surface area (Å²) >= 11 is 0. The predicted molar refractivity (Wildman–Crippen MR) is 62.9 cm³/mol. The van der Waals surface area contributed by atoms with E-state index in [9.17, 15) is 5.11 Å². The molecule has 1 aliphatic rings. The molecule has 0 bridgehead atoms. The molecule has 1 heterocycles. The second-order valence-electron chi connectivity index (χ2n) is 4.19. The highest BCUT2D eigenvalue weighted by atomic mass is 16.3. The van der Waals surface area contributed by atoms with Gasteiger partial charge in [0.15, 0.2) is 0 Å². The highest BCUT2D eigenvalue weighted by Gasteiger charge is 2.15. The molecule has 1 aromatic rings. The third kappa shape index (κ3) is 2.07. The maximum absolute atomic E-state index is 9.44. The highest BCUT2D eigenvalue weighted by Crippen LogP contribution is 2.29. The SMILES string of the molecule is C[C@@H](O)c1ccc(N2CCCC2)c(N)c1. The van der Waals surface area contributed by atoms with Crippen molar-refractivity contribution in [1.82, 2.24) is 0 Å². The molecule has 0 amide bonds. The molecule has 2 rings (SSSR count). The smallest absolute Gasteiger partial charge is 0.0762 e. The van der Waals surface area contributed by atoms with Crippen LogP contribution >= 0.6 is 0 Å². The first-order valence-electron chi connectivity index (χ1n) is 5.51. The van der Waals surface area contributed by atoms with Crippen molar-refractivity contribution in [3.63, 3.8) is 0 Å². The maximum Gasteiger partial charge on any atom is 0.0762 e. The van der Waals surface area contributed by atoms with Crippen LogP contribution in [0.5, 0.6) is 0 Å². The minimum Gasteiger partial charge on any atom is -0.397 e. The summed E-state index contributed by atoms with van der Waals surface area (Å²) in [6.07, 6.45) is 2.05.